The fourth-order valence-electron chi connectivity index (χ4n) is 3.94. The minimum Gasteiger partial charge on any atom is -0.393 e. The number of carbonyl (C=O) groups is 2. The van der Waals surface area contributed by atoms with Gasteiger partial charge >= 0.3 is 0 Å². The smallest absolute Gasteiger partial charge is 0.257 e. The summed E-state index contributed by atoms with van der Waals surface area (Å²) >= 11 is 1.51. The summed E-state index contributed by atoms with van der Waals surface area (Å²) < 4.78 is 1.03. The Morgan fingerprint density at radius 3 is 2.59 bits per heavy atom. The second-order valence-corrected chi connectivity index (χ2v) is 9.37. The number of hydrogen-bond donors (Lipinski definition) is 4. The van der Waals surface area contributed by atoms with Crippen molar-refractivity contribution in [2.45, 2.75) is 31.9 Å². The molecule has 0 aliphatic heterocycles. The molecule has 0 unspecified atom stereocenters. The second-order valence-electron chi connectivity index (χ2n) is 8.46. The van der Waals surface area contributed by atoms with Gasteiger partial charge in [-0.2, -0.15) is 0 Å². The Hall–Kier alpha value is -3.75. The molecular weight excluding hydrogens is 448 g/mol. The quantitative estimate of drug-likeness (QED) is 0.321. The van der Waals surface area contributed by atoms with Crippen LogP contribution >= 0.6 is 11.3 Å². The number of aliphatic hydroxyl groups excluding tert-OH is 1. The summed E-state index contributed by atoms with van der Waals surface area (Å²) in [4.78, 5) is 30.4. The largest absolute Gasteiger partial charge is 0.393 e. The van der Waals surface area contributed by atoms with Gasteiger partial charge in [0.2, 0.25) is 0 Å². The highest BCUT2D eigenvalue weighted by Crippen LogP contribution is 2.30. The Morgan fingerprint density at radius 2 is 1.79 bits per heavy atom. The number of carbonyl (C=O) groups excluding carboxylic acids is 2. The van der Waals surface area contributed by atoms with Gasteiger partial charge in [0.1, 0.15) is 0 Å². The third kappa shape index (κ3) is 4.50. The molecule has 1 aliphatic rings. The molecule has 2 aromatic heterocycles. The van der Waals surface area contributed by atoms with Crippen LogP contribution in [-0.2, 0) is 0 Å². The molecular formula is C26H24N4O3S. The van der Waals surface area contributed by atoms with Crippen LogP contribution in [0.25, 0.3) is 10.1 Å². The van der Waals surface area contributed by atoms with Crippen LogP contribution in [0.15, 0.2) is 66.2 Å². The van der Waals surface area contributed by atoms with E-state index >= 15 is 0 Å². The Bertz CT molecular complexity index is 1380. The van der Waals surface area contributed by atoms with Crippen molar-refractivity contribution in [2.24, 2.45) is 0 Å². The number of fused-ring (bicyclic) bond motifs is 1. The van der Waals surface area contributed by atoms with Crippen LogP contribution < -0.4 is 16.0 Å². The number of nitrogens with one attached hydrogen (secondary N) is 3. The summed E-state index contributed by atoms with van der Waals surface area (Å²) in [5.74, 6) is -0.118. The molecule has 1 fully saturated rings. The first-order valence-electron chi connectivity index (χ1n) is 11.1. The Labute approximate surface area is 200 Å². The lowest BCUT2D eigenvalue weighted by Gasteiger charge is -2.31. The minimum atomic E-state index is -0.362. The number of para-hydroxylation sites is 1. The molecule has 0 bridgehead atoms. The predicted molar refractivity (Wildman–Crippen MR) is 135 cm³/mol. The highest BCUT2D eigenvalue weighted by molar-refractivity contribution is 7.17. The summed E-state index contributed by atoms with van der Waals surface area (Å²) in [5.41, 5.74) is 3.19. The van der Waals surface area contributed by atoms with Crippen molar-refractivity contribution in [3.63, 3.8) is 0 Å². The van der Waals surface area contributed by atoms with Gasteiger partial charge in [-0.3, -0.25) is 9.59 Å². The van der Waals surface area contributed by atoms with Gasteiger partial charge in [0, 0.05) is 33.4 Å². The highest BCUT2D eigenvalue weighted by Gasteiger charge is 2.29. The molecule has 34 heavy (non-hydrogen) atoms. The van der Waals surface area contributed by atoms with Crippen molar-refractivity contribution in [2.75, 3.05) is 10.6 Å². The highest BCUT2D eigenvalue weighted by atomic mass is 32.1. The lowest BCUT2D eigenvalue weighted by molar-refractivity contribution is 0.0562. The first-order chi connectivity index (χ1) is 16.5. The summed E-state index contributed by atoms with van der Waals surface area (Å²) in [6, 6.07) is 17.1. The first-order valence-corrected chi connectivity index (χ1v) is 11.9. The van der Waals surface area contributed by atoms with E-state index in [0.717, 1.165) is 21.3 Å². The number of hydrogen-bond acceptors (Lipinski definition) is 6. The third-order valence-corrected chi connectivity index (χ3v) is 6.93. The van der Waals surface area contributed by atoms with E-state index in [1.165, 1.54) is 17.5 Å². The molecule has 4 aromatic rings. The van der Waals surface area contributed by atoms with Crippen molar-refractivity contribution >= 4 is 50.4 Å². The lowest BCUT2D eigenvalue weighted by Crippen LogP contribution is -2.46. The average Bonchev–Trinajstić information content (AvgIpc) is 3.25. The minimum absolute atomic E-state index is 0.0533. The maximum atomic E-state index is 13.2. The zero-order valence-electron chi connectivity index (χ0n) is 18.5. The van der Waals surface area contributed by atoms with Crippen LogP contribution in [0, 0.1) is 6.92 Å². The predicted octanol–water partition coefficient (Wildman–Crippen LogP) is 4.85. The average molecular weight is 473 g/mol. The van der Waals surface area contributed by atoms with Gasteiger partial charge < -0.3 is 21.1 Å². The van der Waals surface area contributed by atoms with Crippen molar-refractivity contribution in [1.29, 1.82) is 0 Å². The van der Waals surface area contributed by atoms with E-state index in [2.05, 4.69) is 20.9 Å². The molecule has 0 spiro atoms. The second kappa shape index (κ2) is 9.24. The number of amides is 2. The Balaban J connectivity index is 1.45. The maximum Gasteiger partial charge on any atom is 0.257 e. The number of thiophene rings is 1. The summed E-state index contributed by atoms with van der Waals surface area (Å²) in [7, 11) is 0. The monoisotopic (exact) mass is 472 g/mol. The topological polar surface area (TPSA) is 103 Å². The third-order valence-electron chi connectivity index (χ3n) is 5.97. The molecule has 172 valence electrons. The lowest BCUT2D eigenvalue weighted by atomic mass is 9.89. The van der Waals surface area contributed by atoms with Crippen LogP contribution in [0.1, 0.15) is 39.1 Å². The van der Waals surface area contributed by atoms with E-state index in [1.54, 1.807) is 6.07 Å². The van der Waals surface area contributed by atoms with Crippen LogP contribution in [-0.4, -0.2) is 34.1 Å². The van der Waals surface area contributed by atoms with Crippen molar-refractivity contribution in [3.05, 3.63) is 82.9 Å². The van der Waals surface area contributed by atoms with Crippen molar-refractivity contribution in [3.8, 4) is 0 Å². The van der Waals surface area contributed by atoms with Gasteiger partial charge in [0.25, 0.3) is 11.8 Å². The van der Waals surface area contributed by atoms with E-state index in [-0.39, 0.29) is 24.0 Å². The van der Waals surface area contributed by atoms with Gasteiger partial charge in [-0.1, -0.05) is 36.4 Å². The number of aliphatic hydroxyl groups is 1. The number of nitrogens with zero attached hydrogens (tertiary/aromatic N) is 1. The number of pyridine rings is 1. The van der Waals surface area contributed by atoms with Crippen LogP contribution in [0.3, 0.4) is 0 Å². The van der Waals surface area contributed by atoms with Gasteiger partial charge in [-0.15, -0.1) is 11.3 Å². The number of aromatic nitrogens is 1. The van der Waals surface area contributed by atoms with E-state index in [0.29, 0.717) is 35.5 Å². The van der Waals surface area contributed by atoms with Crippen LogP contribution in [0.5, 0.6) is 0 Å². The SMILES string of the molecule is Cc1ccccc1Nc1ncc(C(=O)NC2CC(O)C2)cc1NC(=O)c1csc2ccccc12. The molecule has 7 nitrogen and oxygen atoms in total. The number of anilines is 3. The zero-order valence-corrected chi connectivity index (χ0v) is 19.4. The van der Waals surface area contributed by atoms with Gasteiger partial charge in [0.05, 0.1) is 22.9 Å². The van der Waals surface area contributed by atoms with E-state index in [9.17, 15) is 14.7 Å². The van der Waals surface area contributed by atoms with E-state index < -0.39 is 0 Å². The molecule has 4 N–H and O–H groups in total. The maximum absolute atomic E-state index is 13.2. The molecule has 5 rings (SSSR count). The van der Waals surface area contributed by atoms with Gasteiger partial charge in [-0.05, 0) is 43.5 Å². The first kappa shape index (κ1) is 22.1. The molecule has 0 saturated heterocycles. The summed E-state index contributed by atoms with van der Waals surface area (Å²) in [5, 5.41) is 21.3. The molecule has 2 amide bonds. The number of aryl methyl sites for hydroxylation is 1. The van der Waals surface area contributed by atoms with Gasteiger partial charge in [-0.25, -0.2) is 4.98 Å². The standard InChI is InChI=1S/C26H24N4O3S/c1-15-6-2-4-8-21(15)29-24-22(10-16(13-27-24)25(32)28-17-11-18(31)12-17)30-26(33)20-14-34-23-9-5-3-7-19(20)23/h2-10,13-14,17-18,31H,11-12H2,1H3,(H,27,29)(H,28,32)(H,30,33). The molecule has 2 aromatic carbocycles. The fourth-order valence-corrected chi connectivity index (χ4v) is 4.88. The molecule has 0 radical (unpaired) electrons. The van der Waals surface area contributed by atoms with E-state index in [1.807, 2.05) is 60.8 Å². The molecule has 1 saturated carbocycles. The normalized spacial score (nSPS) is 17.1. The molecule has 8 heteroatoms. The Kier molecular flexibility index (Phi) is 6.00. The summed E-state index contributed by atoms with van der Waals surface area (Å²) in [6.07, 6.45) is 2.21. The molecule has 2 heterocycles. The van der Waals surface area contributed by atoms with Crippen LogP contribution in [0.4, 0.5) is 17.2 Å². The summed E-state index contributed by atoms with van der Waals surface area (Å²) in [6.45, 7) is 1.98. The van der Waals surface area contributed by atoms with Gasteiger partial charge in [0.15, 0.2) is 5.82 Å². The van der Waals surface area contributed by atoms with E-state index in [4.69, 9.17) is 0 Å². The van der Waals surface area contributed by atoms with Crippen molar-refractivity contribution in [1.82, 2.24) is 10.3 Å². The van der Waals surface area contributed by atoms with Crippen molar-refractivity contribution < 1.29 is 14.7 Å². The molecule has 1 aliphatic carbocycles. The number of rotatable bonds is 6. The number of benzene rings is 2. The zero-order chi connectivity index (χ0) is 23.7. The molecule has 0 atom stereocenters. The fraction of sp³-hybridized carbons (Fsp3) is 0.192. The van der Waals surface area contributed by atoms with Crippen LogP contribution in [0.2, 0.25) is 0 Å². The Morgan fingerprint density at radius 1 is 1.03 bits per heavy atom.